The number of alkyl halides is 3. The van der Waals surface area contributed by atoms with Crippen LogP contribution >= 0.6 is 11.6 Å². The molecular weight excluding hydrogens is 329 g/mol. The van der Waals surface area contributed by atoms with Crippen molar-refractivity contribution in [2.45, 2.75) is 44.6 Å². The minimum Gasteiger partial charge on any atom is -0.324 e. The van der Waals surface area contributed by atoms with Crippen LogP contribution in [0, 0.1) is 0 Å². The number of hydrogen-bond donors (Lipinski definition) is 2. The average molecular weight is 347 g/mol. The van der Waals surface area contributed by atoms with Gasteiger partial charge in [-0.15, -0.1) is 0 Å². The second-order valence-electron chi connectivity index (χ2n) is 5.57. The third-order valence-electron chi connectivity index (χ3n) is 3.50. The van der Waals surface area contributed by atoms with Gasteiger partial charge in [0.2, 0.25) is 11.0 Å². The van der Waals surface area contributed by atoms with E-state index in [-0.39, 0.29) is 17.3 Å². The highest BCUT2D eigenvalue weighted by Crippen LogP contribution is 2.32. The Labute approximate surface area is 137 Å². The maximum absolute atomic E-state index is 13.1. The smallest absolute Gasteiger partial charge is 0.324 e. The molecule has 0 radical (unpaired) electrons. The molecule has 0 spiro atoms. The molecule has 1 aromatic carbocycles. The quantitative estimate of drug-likeness (QED) is 0.821. The van der Waals surface area contributed by atoms with Gasteiger partial charge in [0.15, 0.2) is 5.96 Å². The van der Waals surface area contributed by atoms with Crippen molar-refractivity contribution >= 4 is 22.9 Å². The first-order valence-corrected chi connectivity index (χ1v) is 7.56. The predicted octanol–water partition coefficient (Wildman–Crippen LogP) is 3.43. The van der Waals surface area contributed by atoms with E-state index in [9.17, 15) is 13.2 Å². The summed E-state index contributed by atoms with van der Waals surface area (Å²) in [6.45, 7) is 2.75. The Balaban J connectivity index is 2.03. The lowest BCUT2D eigenvalue weighted by molar-refractivity contribution is -0.184. The average Bonchev–Trinajstić information content (AvgIpc) is 2.44. The number of amidine groups is 1. The lowest BCUT2D eigenvalue weighted by Gasteiger charge is -2.34. The fourth-order valence-corrected chi connectivity index (χ4v) is 2.37. The number of benzene rings is 1. The molecule has 1 heterocycles. The zero-order valence-electron chi connectivity index (χ0n) is 12.8. The van der Waals surface area contributed by atoms with E-state index in [0.29, 0.717) is 6.42 Å². The summed E-state index contributed by atoms with van der Waals surface area (Å²) in [4.78, 5) is 7.63. The number of nitrogens with zero attached hydrogens (tertiary/aromatic N) is 2. The number of halogens is 4. The van der Waals surface area contributed by atoms with Crippen molar-refractivity contribution in [3.05, 3.63) is 35.9 Å². The topological polar surface area (TPSA) is 48.8 Å². The fraction of sp³-hybridized carbons (Fsp3) is 0.467. The molecule has 1 aliphatic heterocycles. The van der Waals surface area contributed by atoms with E-state index in [1.807, 2.05) is 37.3 Å². The number of rotatable bonds is 4. The first-order chi connectivity index (χ1) is 10.7. The van der Waals surface area contributed by atoms with Gasteiger partial charge in [-0.1, -0.05) is 30.3 Å². The Bertz CT molecular complexity index is 600. The van der Waals surface area contributed by atoms with Crippen LogP contribution in [-0.2, 0) is 6.42 Å². The Morgan fingerprint density at radius 3 is 2.57 bits per heavy atom. The molecule has 0 aliphatic carbocycles. The van der Waals surface area contributed by atoms with Crippen LogP contribution in [0.4, 0.5) is 13.2 Å². The van der Waals surface area contributed by atoms with Gasteiger partial charge in [0, 0.05) is 0 Å². The minimum atomic E-state index is -4.58. The van der Waals surface area contributed by atoms with Crippen molar-refractivity contribution in [3.8, 4) is 0 Å². The summed E-state index contributed by atoms with van der Waals surface area (Å²) in [5, 5.41) is 4.46. The van der Waals surface area contributed by atoms with Gasteiger partial charge in [-0.3, -0.25) is 0 Å². The van der Waals surface area contributed by atoms with E-state index >= 15 is 0 Å². The summed E-state index contributed by atoms with van der Waals surface area (Å²) in [5.41, 5.74) is -1.32. The highest BCUT2D eigenvalue weighted by atomic mass is 35.5. The van der Waals surface area contributed by atoms with Gasteiger partial charge in [0.05, 0.1) is 6.04 Å². The van der Waals surface area contributed by atoms with Crippen LogP contribution in [0.5, 0.6) is 0 Å². The molecule has 23 heavy (non-hydrogen) atoms. The van der Waals surface area contributed by atoms with Gasteiger partial charge in [-0.05, 0) is 43.9 Å². The van der Waals surface area contributed by atoms with Gasteiger partial charge in [-0.25, -0.2) is 9.98 Å². The molecule has 0 saturated carbocycles. The third-order valence-corrected chi connectivity index (χ3v) is 3.68. The summed E-state index contributed by atoms with van der Waals surface area (Å²) >= 11 is 5.68. The maximum Gasteiger partial charge on any atom is 0.432 e. The molecule has 0 fully saturated rings. The number of nitrogens with one attached hydrogen (secondary N) is 2. The van der Waals surface area contributed by atoms with E-state index in [4.69, 9.17) is 11.6 Å². The van der Waals surface area contributed by atoms with Crippen LogP contribution in [0.15, 0.2) is 40.3 Å². The Kier molecular flexibility index (Phi) is 5.19. The molecule has 2 N–H and O–H groups in total. The van der Waals surface area contributed by atoms with Crippen molar-refractivity contribution < 1.29 is 13.2 Å². The maximum atomic E-state index is 13.1. The monoisotopic (exact) mass is 346 g/mol. The molecule has 2 unspecified atom stereocenters. The van der Waals surface area contributed by atoms with E-state index in [2.05, 4.69) is 20.6 Å². The van der Waals surface area contributed by atoms with Crippen LogP contribution < -0.4 is 10.6 Å². The van der Waals surface area contributed by atoms with Crippen molar-refractivity contribution in [3.63, 3.8) is 0 Å². The molecule has 4 nitrogen and oxygen atoms in total. The summed E-state index contributed by atoms with van der Waals surface area (Å²) in [6, 6.07) is 9.65. The van der Waals surface area contributed by atoms with Crippen LogP contribution in [0.25, 0.3) is 0 Å². The number of hydrogen-bond acceptors (Lipinski definition) is 2. The minimum absolute atomic E-state index is 0.0228. The van der Waals surface area contributed by atoms with E-state index < -0.39 is 11.8 Å². The van der Waals surface area contributed by atoms with Crippen LogP contribution in [0.3, 0.4) is 0 Å². The number of aliphatic imine (C=N–C) groups is 2. The van der Waals surface area contributed by atoms with Gasteiger partial charge in [0.25, 0.3) is 0 Å². The lowest BCUT2D eigenvalue weighted by atomic mass is 10.1. The summed E-state index contributed by atoms with van der Waals surface area (Å²) in [7, 11) is 0. The van der Waals surface area contributed by atoms with Crippen LogP contribution in [-0.4, -0.2) is 29.1 Å². The molecular formula is C15H18ClF3N4. The molecule has 1 aromatic rings. The molecule has 2 rings (SSSR count). The first kappa shape index (κ1) is 17.6. The number of aryl methyl sites for hydroxylation is 1. The van der Waals surface area contributed by atoms with Gasteiger partial charge in [0.1, 0.15) is 0 Å². The van der Waals surface area contributed by atoms with E-state index in [1.165, 1.54) is 0 Å². The highest BCUT2D eigenvalue weighted by molar-refractivity contribution is 6.66. The number of guanidine groups is 1. The zero-order chi connectivity index (χ0) is 17.1. The van der Waals surface area contributed by atoms with Crippen LogP contribution in [0.2, 0.25) is 0 Å². The van der Waals surface area contributed by atoms with Gasteiger partial charge >= 0.3 is 6.18 Å². The van der Waals surface area contributed by atoms with Crippen molar-refractivity contribution in [1.82, 2.24) is 10.6 Å². The lowest BCUT2D eigenvalue weighted by Crippen LogP contribution is -2.62. The Morgan fingerprint density at radius 2 is 1.96 bits per heavy atom. The summed E-state index contributed by atoms with van der Waals surface area (Å²) < 4.78 is 39.2. The van der Waals surface area contributed by atoms with Crippen molar-refractivity contribution in [1.29, 1.82) is 0 Å². The first-order valence-electron chi connectivity index (χ1n) is 7.18. The second-order valence-corrected chi connectivity index (χ2v) is 5.93. The molecule has 8 heteroatoms. The molecule has 126 valence electrons. The van der Waals surface area contributed by atoms with Crippen LogP contribution in [0.1, 0.15) is 25.8 Å². The molecule has 0 saturated heterocycles. The molecule has 0 amide bonds. The summed E-state index contributed by atoms with van der Waals surface area (Å²) in [5.74, 6) is -0.0228. The molecule has 0 aromatic heterocycles. The highest BCUT2D eigenvalue weighted by Gasteiger charge is 2.54. The van der Waals surface area contributed by atoms with E-state index in [1.54, 1.807) is 0 Å². The molecule has 0 bridgehead atoms. The Hall–Kier alpha value is -1.76. The third kappa shape index (κ3) is 4.60. The fourth-order valence-electron chi connectivity index (χ4n) is 2.12. The van der Waals surface area contributed by atoms with Gasteiger partial charge < -0.3 is 10.6 Å². The normalized spacial score (nSPS) is 24.6. The molecule has 2 atom stereocenters. The second kappa shape index (κ2) is 6.78. The standard InChI is InChI=1S/C15H18ClF3N4/c1-10(8-9-11-6-4-3-5-7-11)20-13-21-12(16)22-14(2,23-13)15(17,18)19/h3-7,10H,8-9H2,1-2H3,(H2,20,21,22,23). The van der Waals surface area contributed by atoms with Crippen molar-refractivity contribution in [2.75, 3.05) is 0 Å². The van der Waals surface area contributed by atoms with Crippen molar-refractivity contribution in [2.24, 2.45) is 9.98 Å². The summed E-state index contributed by atoms with van der Waals surface area (Å²) in [6.07, 6.45) is -3.09. The predicted molar refractivity (Wildman–Crippen MR) is 85.7 cm³/mol. The van der Waals surface area contributed by atoms with Gasteiger partial charge in [-0.2, -0.15) is 13.2 Å². The Morgan fingerprint density at radius 1 is 1.30 bits per heavy atom. The largest absolute Gasteiger partial charge is 0.432 e. The zero-order valence-corrected chi connectivity index (χ0v) is 13.5. The van der Waals surface area contributed by atoms with E-state index in [0.717, 1.165) is 18.9 Å². The molecule has 1 aliphatic rings. The SMILES string of the molecule is CC(CCc1ccccc1)N=C1NC(Cl)=NC(C)(C(F)(F)F)N1.